The monoisotopic (exact) mass is 240 g/mol. The van der Waals surface area contributed by atoms with Crippen molar-refractivity contribution in [3.8, 4) is 5.75 Å². The van der Waals surface area contributed by atoms with E-state index in [1.807, 2.05) is 56.3 Å². The number of rotatable bonds is 4. The fraction of sp³-hybridized carbons (Fsp3) is 0.188. The molecule has 0 spiro atoms. The zero-order valence-electron chi connectivity index (χ0n) is 10.6. The lowest BCUT2D eigenvalue weighted by atomic mass is 9.98. The largest absolute Gasteiger partial charge is 0.493 e. The third-order valence-electron chi connectivity index (χ3n) is 2.82. The Morgan fingerprint density at radius 1 is 1.00 bits per heavy atom. The Balaban J connectivity index is 2.43. The molecule has 18 heavy (non-hydrogen) atoms. The predicted molar refractivity (Wildman–Crippen MR) is 72.2 cm³/mol. The Labute approximate surface area is 107 Å². The summed E-state index contributed by atoms with van der Waals surface area (Å²) in [6, 6.07) is 15.0. The van der Waals surface area contributed by atoms with Crippen LogP contribution in [0.3, 0.4) is 0 Å². The molecular formula is C16H16O2. The van der Waals surface area contributed by atoms with Crippen LogP contribution in [0, 0.1) is 6.92 Å². The van der Waals surface area contributed by atoms with Gasteiger partial charge in [-0.05, 0) is 31.5 Å². The zero-order chi connectivity index (χ0) is 13.0. The van der Waals surface area contributed by atoms with Crippen molar-refractivity contribution < 1.29 is 9.53 Å². The summed E-state index contributed by atoms with van der Waals surface area (Å²) in [4.78, 5) is 12.5. The second-order valence-corrected chi connectivity index (χ2v) is 4.07. The number of ketones is 1. The van der Waals surface area contributed by atoms with Crippen molar-refractivity contribution in [2.24, 2.45) is 0 Å². The molecule has 2 aromatic rings. The Kier molecular flexibility index (Phi) is 3.78. The van der Waals surface area contributed by atoms with Gasteiger partial charge in [-0.15, -0.1) is 0 Å². The lowest BCUT2D eigenvalue weighted by Gasteiger charge is -2.10. The van der Waals surface area contributed by atoms with Crippen molar-refractivity contribution >= 4 is 5.78 Å². The number of ether oxygens (including phenoxy) is 1. The van der Waals surface area contributed by atoms with Gasteiger partial charge in [0, 0.05) is 5.56 Å². The molecule has 2 nitrogen and oxygen atoms in total. The molecule has 0 bridgehead atoms. The normalized spacial score (nSPS) is 10.1. The molecule has 0 saturated carbocycles. The van der Waals surface area contributed by atoms with Gasteiger partial charge in [-0.1, -0.05) is 36.4 Å². The highest BCUT2D eigenvalue weighted by atomic mass is 16.5. The van der Waals surface area contributed by atoms with Crippen LogP contribution in [0.1, 0.15) is 28.4 Å². The van der Waals surface area contributed by atoms with Crippen LogP contribution in [0.5, 0.6) is 5.75 Å². The van der Waals surface area contributed by atoms with Gasteiger partial charge in [-0.25, -0.2) is 0 Å². The van der Waals surface area contributed by atoms with E-state index in [0.29, 0.717) is 17.9 Å². The number of hydrogen-bond donors (Lipinski definition) is 0. The van der Waals surface area contributed by atoms with E-state index in [0.717, 1.165) is 11.1 Å². The van der Waals surface area contributed by atoms with Crippen LogP contribution in [0.4, 0.5) is 0 Å². The maximum atomic E-state index is 12.5. The van der Waals surface area contributed by atoms with Gasteiger partial charge in [-0.3, -0.25) is 4.79 Å². The molecule has 0 saturated heterocycles. The third kappa shape index (κ3) is 2.43. The lowest BCUT2D eigenvalue weighted by molar-refractivity contribution is 0.103. The molecule has 2 rings (SSSR count). The van der Waals surface area contributed by atoms with E-state index in [2.05, 4.69) is 0 Å². The minimum Gasteiger partial charge on any atom is -0.493 e. The highest BCUT2D eigenvalue weighted by Crippen LogP contribution is 2.22. The van der Waals surface area contributed by atoms with Gasteiger partial charge in [-0.2, -0.15) is 0 Å². The van der Waals surface area contributed by atoms with Gasteiger partial charge in [0.25, 0.3) is 0 Å². The number of carbonyl (C=O) groups excluding carboxylic acids is 1. The molecule has 0 aromatic heterocycles. The van der Waals surface area contributed by atoms with Crippen molar-refractivity contribution in [1.29, 1.82) is 0 Å². The first-order valence-corrected chi connectivity index (χ1v) is 6.06. The highest BCUT2D eigenvalue weighted by Gasteiger charge is 2.15. The van der Waals surface area contributed by atoms with E-state index in [1.54, 1.807) is 6.07 Å². The fourth-order valence-electron chi connectivity index (χ4n) is 1.91. The fourth-order valence-corrected chi connectivity index (χ4v) is 1.91. The summed E-state index contributed by atoms with van der Waals surface area (Å²) in [7, 11) is 0. The summed E-state index contributed by atoms with van der Waals surface area (Å²) in [5, 5.41) is 0. The second kappa shape index (κ2) is 5.50. The smallest absolute Gasteiger partial charge is 0.197 e. The van der Waals surface area contributed by atoms with Gasteiger partial charge < -0.3 is 4.74 Å². The van der Waals surface area contributed by atoms with Crippen LogP contribution in [-0.4, -0.2) is 12.4 Å². The SMILES string of the molecule is CCOc1ccccc1C(=O)c1ccccc1C. The first-order valence-electron chi connectivity index (χ1n) is 6.06. The first-order chi connectivity index (χ1) is 8.74. The number of benzene rings is 2. The Morgan fingerprint density at radius 2 is 1.61 bits per heavy atom. The Hall–Kier alpha value is -2.09. The minimum absolute atomic E-state index is 0.0113. The molecule has 0 radical (unpaired) electrons. The van der Waals surface area contributed by atoms with Gasteiger partial charge in [0.15, 0.2) is 5.78 Å². The maximum Gasteiger partial charge on any atom is 0.197 e. The minimum atomic E-state index is 0.0113. The van der Waals surface area contributed by atoms with Crippen molar-refractivity contribution in [3.05, 3.63) is 65.2 Å². The van der Waals surface area contributed by atoms with Crippen molar-refractivity contribution in [1.82, 2.24) is 0 Å². The van der Waals surface area contributed by atoms with E-state index < -0.39 is 0 Å². The van der Waals surface area contributed by atoms with E-state index in [1.165, 1.54) is 0 Å². The van der Waals surface area contributed by atoms with Gasteiger partial charge in [0.1, 0.15) is 5.75 Å². The lowest BCUT2D eigenvalue weighted by Crippen LogP contribution is -2.06. The molecule has 92 valence electrons. The van der Waals surface area contributed by atoms with Crippen molar-refractivity contribution in [2.75, 3.05) is 6.61 Å². The number of carbonyl (C=O) groups is 1. The molecule has 0 aliphatic heterocycles. The standard InChI is InChI=1S/C16H16O2/c1-3-18-15-11-7-6-10-14(15)16(17)13-9-5-4-8-12(13)2/h4-11H,3H2,1-2H3. The Bertz CT molecular complexity index is 559. The van der Waals surface area contributed by atoms with Gasteiger partial charge in [0.2, 0.25) is 0 Å². The molecule has 0 unspecified atom stereocenters. The number of hydrogen-bond acceptors (Lipinski definition) is 2. The van der Waals surface area contributed by atoms with Crippen LogP contribution >= 0.6 is 0 Å². The summed E-state index contributed by atoms with van der Waals surface area (Å²) in [5.74, 6) is 0.658. The van der Waals surface area contributed by atoms with Crippen molar-refractivity contribution in [3.63, 3.8) is 0 Å². The molecule has 2 aromatic carbocycles. The summed E-state index contributed by atoms with van der Waals surface area (Å²) in [5.41, 5.74) is 2.33. The molecule has 0 fully saturated rings. The third-order valence-corrected chi connectivity index (χ3v) is 2.82. The summed E-state index contributed by atoms with van der Waals surface area (Å²) in [6.07, 6.45) is 0. The number of para-hydroxylation sites is 1. The predicted octanol–water partition coefficient (Wildman–Crippen LogP) is 3.62. The van der Waals surface area contributed by atoms with Crippen LogP contribution in [0.25, 0.3) is 0 Å². The molecule has 2 heteroatoms. The summed E-state index contributed by atoms with van der Waals surface area (Å²) >= 11 is 0. The van der Waals surface area contributed by atoms with Crippen molar-refractivity contribution in [2.45, 2.75) is 13.8 Å². The van der Waals surface area contributed by atoms with Gasteiger partial charge >= 0.3 is 0 Å². The molecule has 0 amide bonds. The quantitative estimate of drug-likeness (QED) is 0.763. The summed E-state index contributed by atoms with van der Waals surface area (Å²) in [6.45, 7) is 4.41. The maximum absolute atomic E-state index is 12.5. The van der Waals surface area contributed by atoms with Crippen LogP contribution in [0.2, 0.25) is 0 Å². The average molecular weight is 240 g/mol. The van der Waals surface area contributed by atoms with Gasteiger partial charge in [0.05, 0.1) is 12.2 Å². The molecule has 0 heterocycles. The topological polar surface area (TPSA) is 26.3 Å². The second-order valence-electron chi connectivity index (χ2n) is 4.07. The molecule has 0 aliphatic carbocycles. The van der Waals surface area contributed by atoms with E-state index in [4.69, 9.17) is 4.74 Å². The van der Waals surface area contributed by atoms with Crippen LogP contribution in [0.15, 0.2) is 48.5 Å². The number of aryl methyl sites for hydroxylation is 1. The molecule has 0 atom stereocenters. The van der Waals surface area contributed by atoms with E-state index in [9.17, 15) is 4.79 Å². The Morgan fingerprint density at radius 3 is 2.28 bits per heavy atom. The van der Waals surface area contributed by atoms with Crippen LogP contribution < -0.4 is 4.74 Å². The highest BCUT2D eigenvalue weighted by molar-refractivity contribution is 6.11. The summed E-state index contributed by atoms with van der Waals surface area (Å²) < 4.78 is 5.50. The zero-order valence-corrected chi connectivity index (χ0v) is 10.6. The van der Waals surface area contributed by atoms with E-state index >= 15 is 0 Å². The van der Waals surface area contributed by atoms with E-state index in [-0.39, 0.29) is 5.78 Å². The molecular weight excluding hydrogens is 224 g/mol. The first kappa shape index (κ1) is 12.4. The van der Waals surface area contributed by atoms with Crippen LogP contribution in [-0.2, 0) is 0 Å². The molecule has 0 aliphatic rings. The molecule has 0 N–H and O–H groups in total. The average Bonchev–Trinajstić information content (AvgIpc) is 2.40.